The zero-order valence-electron chi connectivity index (χ0n) is 16.1. The number of piperidine rings is 1. The maximum atomic E-state index is 12.6. The molecule has 0 atom stereocenters. The molecular formula is C21H28N4O. The molecule has 1 aromatic carbocycles. The minimum Gasteiger partial charge on any atom is -0.355 e. The second-order valence-corrected chi connectivity index (χ2v) is 7.59. The standard InChI is InChI=1S/C21H28N4O/c1-14(2)17-7-5-6-16(4)20(17)22-21(26)18-8-9-19(24-23-18)25-12-10-15(3)11-13-25/h5-9,14-15H,10-13H2,1-4H3,(H,22,26). The van der Waals surface area contributed by atoms with Gasteiger partial charge in [-0.2, -0.15) is 0 Å². The van der Waals surface area contributed by atoms with Crippen molar-refractivity contribution in [2.24, 2.45) is 5.92 Å². The highest BCUT2D eigenvalue weighted by Gasteiger charge is 2.19. The molecule has 0 aliphatic carbocycles. The summed E-state index contributed by atoms with van der Waals surface area (Å²) in [5.41, 5.74) is 3.41. The number of para-hydroxylation sites is 1. The van der Waals surface area contributed by atoms with Gasteiger partial charge in [0.15, 0.2) is 11.5 Å². The summed E-state index contributed by atoms with van der Waals surface area (Å²) in [6, 6.07) is 9.75. The van der Waals surface area contributed by atoms with E-state index in [1.807, 2.05) is 25.1 Å². The largest absolute Gasteiger partial charge is 0.355 e. The van der Waals surface area contributed by atoms with Gasteiger partial charge >= 0.3 is 0 Å². The van der Waals surface area contributed by atoms with Crippen molar-refractivity contribution in [2.45, 2.75) is 46.5 Å². The Kier molecular flexibility index (Phi) is 5.55. The van der Waals surface area contributed by atoms with Crippen molar-refractivity contribution in [3.8, 4) is 0 Å². The van der Waals surface area contributed by atoms with Gasteiger partial charge in [0.1, 0.15) is 0 Å². The average molecular weight is 352 g/mol. The molecule has 0 bridgehead atoms. The van der Waals surface area contributed by atoms with Crippen LogP contribution in [0.1, 0.15) is 61.1 Å². The van der Waals surface area contributed by atoms with Gasteiger partial charge in [0.05, 0.1) is 0 Å². The number of carbonyl (C=O) groups excluding carboxylic acids is 1. The molecule has 138 valence electrons. The Morgan fingerprint density at radius 2 is 1.88 bits per heavy atom. The number of amides is 1. The summed E-state index contributed by atoms with van der Waals surface area (Å²) in [7, 11) is 0. The maximum Gasteiger partial charge on any atom is 0.276 e. The Bertz CT molecular complexity index is 762. The summed E-state index contributed by atoms with van der Waals surface area (Å²) in [5.74, 6) is 1.74. The zero-order chi connectivity index (χ0) is 18.7. The van der Waals surface area contributed by atoms with E-state index in [9.17, 15) is 4.79 Å². The number of nitrogens with one attached hydrogen (secondary N) is 1. The van der Waals surface area contributed by atoms with Gasteiger partial charge in [-0.1, -0.05) is 39.0 Å². The second-order valence-electron chi connectivity index (χ2n) is 7.59. The molecule has 2 heterocycles. The summed E-state index contributed by atoms with van der Waals surface area (Å²) in [6.45, 7) is 10.5. The Hall–Kier alpha value is -2.43. The van der Waals surface area contributed by atoms with Crippen molar-refractivity contribution < 1.29 is 4.79 Å². The van der Waals surface area contributed by atoms with Crippen LogP contribution in [0.5, 0.6) is 0 Å². The number of nitrogens with zero attached hydrogens (tertiary/aromatic N) is 3. The first-order chi connectivity index (χ1) is 12.5. The lowest BCUT2D eigenvalue weighted by Crippen LogP contribution is -2.33. The molecule has 1 amide bonds. The Morgan fingerprint density at radius 3 is 2.50 bits per heavy atom. The lowest BCUT2D eigenvalue weighted by atomic mass is 9.98. The van der Waals surface area contributed by atoms with Crippen LogP contribution in [-0.2, 0) is 0 Å². The molecule has 1 N–H and O–H groups in total. The molecule has 26 heavy (non-hydrogen) atoms. The van der Waals surface area contributed by atoms with Gasteiger partial charge in [0.25, 0.3) is 5.91 Å². The third-order valence-corrected chi connectivity index (χ3v) is 5.16. The van der Waals surface area contributed by atoms with E-state index in [1.54, 1.807) is 6.07 Å². The monoisotopic (exact) mass is 352 g/mol. The van der Waals surface area contributed by atoms with Gasteiger partial charge in [-0.3, -0.25) is 4.79 Å². The summed E-state index contributed by atoms with van der Waals surface area (Å²) in [6.07, 6.45) is 2.35. The maximum absolute atomic E-state index is 12.6. The molecule has 2 aromatic rings. The van der Waals surface area contributed by atoms with Crippen LogP contribution in [0, 0.1) is 12.8 Å². The predicted molar refractivity (Wildman–Crippen MR) is 106 cm³/mol. The number of hydrogen-bond acceptors (Lipinski definition) is 4. The van der Waals surface area contributed by atoms with E-state index in [4.69, 9.17) is 0 Å². The van der Waals surface area contributed by atoms with Crippen molar-refractivity contribution in [3.05, 3.63) is 47.2 Å². The zero-order valence-corrected chi connectivity index (χ0v) is 16.1. The van der Waals surface area contributed by atoms with Gasteiger partial charge in [0.2, 0.25) is 0 Å². The van der Waals surface area contributed by atoms with Crippen LogP contribution in [0.2, 0.25) is 0 Å². The van der Waals surface area contributed by atoms with Crippen LogP contribution >= 0.6 is 0 Å². The fraction of sp³-hybridized carbons (Fsp3) is 0.476. The third kappa shape index (κ3) is 4.03. The van der Waals surface area contributed by atoms with Crippen molar-refractivity contribution in [3.63, 3.8) is 0 Å². The molecule has 1 fully saturated rings. The highest BCUT2D eigenvalue weighted by molar-refractivity contribution is 6.03. The first-order valence-corrected chi connectivity index (χ1v) is 9.45. The molecular weight excluding hydrogens is 324 g/mol. The third-order valence-electron chi connectivity index (χ3n) is 5.16. The summed E-state index contributed by atoms with van der Waals surface area (Å²) in [4.78, 5) is 14.9. The number of hydrogen-bond donors (Lipinski definition) is 1. The van der Waals surface area contributed by atoms with Crippen molar-refractivity contribution in [1.82, 2.24) is 10.2 Å². The summed E-state index contributed by atoms with van der Waals surface area (Å²) >= 11 is 0. The number of anilines is 2. The Labute approximate surface area is 155 Å². The fourth-order valence-corrected chi connectivity index (χ4v) is 3.37. The van der Waals surface area contributed by atoms with Crippen LogP contribution in [0.3, 0.4) is 0 Å². The van der Waals surface area contributed by atoms with E-state index in [0.29, 0.717) is 11.6 Å². The smallest absolute Gasteiger partial charge is 0.276 e. The fourth-order valence-electron chi connectivity index (χ4n) is 3.37. The molecule has 1 aromatic heterocycles. The van der Waals surface area contributed by atoms with Crippen LogP contribution < -0.4 is 10.2 Å². The molecule has 3 rings (SSSR count). The number of aromatic nitrogens is 2. The highest BCUT2D eigenvalue weighted by Crippen LogP contribution is 2.28. The summed E-state index contributed by atoms with van der Waals surface area (Å²) < 4.78 is 0. The van der Waals surface area contributed by atoms with E-state index in [2.05, 4.69) is 47.3 Å². The molecule has 1 aliphatic heterocycles. The molecule has 1 saturated heterocycles. The number of benzene rings is 1. The van der Waals surface area contributed by atoms with Crippen LogP contribution in [0.4, 0.5) is 11.5 Å². The van der Waals surface area contributed by atoms with Gasteiger partial charge in [-0.05, 0) is 54.9 Å². The lowest BCUT2D eigenvalue weighted by molar-refractivity contribution is 0.102. The number of aryl methyl sites for hydroxylation is 1. The van der Waals surface area contributed by atoms with Crippen molar-refractivity contribution >= 4 is 17.4 Å². The molecule has 0 spiro atoms. The van der Waals surface area contributed by atoms with Gasteiger partial charge in [-0.25, -0.2) is 0 Å². The quantitative estimate of drug-likeness (QED) is 0.886. The van der Waals surface area contributed by atoms with Gasteiger partial charge in [0, 0.05) is 18.8 Å². The molecule has 0 unspecified atom stereocenters. The predicted octanol–water partition coefficient (Wildman–Crippen LogP) is 4.40. The normalized spacial score (nSPS) is 15.3. The molecule has 5 heteroatoms. The minimum atomic E-state index is -0.215. The molecule has 0 radical (unpaired) electrons. The van der Waals surface area contributed by atoms with E-state index in [-0.39, 0.29) is 5.91 Å². The van der Waals surface area contributed by atoms with Crippen LogP contribution in [0.15, 0.2) is 30.3 Å². The van der Waals surface area contributed by atoms with Crippen LogP contribution in [-0.4, -0.2) is 29.2 Å². The highest BCUT2D eigenvalue weighted by atomic mass is 16.1. The van der Waals surface area contributed by atoms with E-state index in [1.165, 1.54) is 12.8 Å². The first-order valence-electron chi connectivity index (χ1n) is 9.45. The number of rotatable bonds is 4. The second kappa shape index (κ2) is 7.85. The Morgan fingerprint density at radius 1 is 1.15 bits per heavy atom. The molecule has 1 aliphatic rings. The Balaban J connectivity index is 1.73. The van der Waals surface area contributed by atoms with E-state index < -0.39 is 0 Å². The molecule has 0 saturated carbocycles. The summed E-state index contributed by atoms with van der Waals surface area (Å²) in [5, 5.41) is 11.5. The molecule has 5 nitrogen and oxygen atoms in total. The first kappa shape index (κ1) is 18.4. The van der Waals surface area contributed by atoms with Gasteiger partial charge in [-0.15, -0.1) is 10.2 Å². The minimum absolute atomic E-state index is 0.215. The van der Waals surface area contributed by atoms with Gasteiger partial charge < -0.3 is 10.2 Å². The average Bonchev–Trinajstić information content (AvgIpc) is 2.64. The SMILES string of the molecule is Cc1cccc(C(C)C)c1NC(=O)c1ccc(N2CCC(C)CC2)nn1. The van der Waals surface area contributed by atoms with Crippen LogP contribution in [0.25, 0.3) is 0 Å². The lowest BCUT2D eigenvalue weighted by Gasteiger charge is -2.30. The van der Waals surface area contributed by atoms with E-state index in [0.717, 1.165) is 41.6 Å². The van der Waals surface area contributed by atoms with Crippen molar-refractivity contribution in [1.29, 1.82) is 0 Å². The number of carbonyl (C=O) groups is 1. The topological polar surface area (TPSA) is 58.1 Å². The van der Waals surface area contributed by atoms with Crippen molar-refractivity contribution in [2.75, 3.05) is 23.3 Å². The van der Waals surface area contributed by atoms with E-state index >= 15 is 0 Å².